The Labute approximate surface area is 120 Å². The standard InChI is InChI=1S/C14H25N3OS/c1-3-5-6-15-11-13-12(4-2)16-14(19-13)17-7-9-18-10-8-17/h15H,3-11H2,1-2H3. The van der Waals surface area contributed by atoms with Crippen LogP contribution in [0.3, 0.4) is 0 Å². The van der Waals surface area contributed by atoms with Crippen LogP contribution in [-0.2, 0) is 17.7 Å². The van der Waals surface area contributed by atoms with Crippen molar-refractivity contribution in [3.8, 4) is 0 Å². The molecule has 0 aliphatic carbocycles. The third-order valence-corrected chi connectivity index (χ3v) is 4.53. The van der Waals surface area contributed by atoms with Crippen molar-refractivity contribution in [1.82, 2.24) is 10.3 Å². The topological polar surface area (TPSA) is 37.4 Å². The number of anilines is 1. The summed E-state index contributed by atoms with van der Waals surface area (Å²) in [6.45, 7) is 10.1. The largest absolute Gasteiger partial charge is 0.378 e. The van der Waals surface area contributed by atoms with E-state index < -0.39 is 0 Å². The number of hydrogen-bond acceptors (Lipinski definition) is 5. The fourth-order valence-corrected chi connectivity index (χ4v) is 3.35. The fourth-order valence-electron chi connectivity index (χ4n) is 2.18. The number of rotatable bonds is 7. The second kappa shape index (κ2) is 7.82. The molecule has 1 aliphatic rings. The first-order valence-corrected chi connectivity index (χ1v) is 8.18. The maximum absolute atomic E-state index is 5.40. The Morgan fingerprint density at radius 3 is 2.79 bits per heavy atom. The number of aryl methyl sites for hydroxylation is 1. The lowest BCUT2D eigenvalue weighted by Crippen LogP contribution is -2.36. The minimum Gasteiger partial charge on any atom is -0.378 e. The summed E-state index contributed by atoms with van der Waals surface area (Å²) >= 11 is 1.85. The summed E-state index contributed by atoms with van der Waals surface area (Å²) in [7, 11) is 0. The zero-order valence-corrected chi connectivity index (χ0v) is 12.9. The Balaban J connectivity index is 1.95. The summed E-state index contributed by atoms with van der Waals surface area (Å²) in [5.41, 5.74) is 1.26. The number of unbranched alkanes of at least 4 members (excludes halogenated alkanes) is 1. The number of thiazole rings is 1. The quantitative estimate of drug-likeness (QED) is 0.780. The van der Waals surface area contributed by atoms with Crippen molar-refractivity contribution in [1.29, 1.82) is 0 Å². The van der Waals surface area contributed by atoms with Crippen molar-refractivity contribution in [2.75, 3.05) is 37.7 Å². The van der Waals surface area contributed by atoms with E-state index in [1.54, 1.807) is 0 Å². The van der Waals surface area contributed by atoms with Gasteiger partial charge in [-0.1, -0.05) is 20.3 Å². The van der Waals surface area contributed by atoms with Gasteiger partial charge in [0.1, 0.15) is 0 Å². The number of aromatic nitrogens is 1. The zero-order valence-electron chi connectivity index (χ0n) is 12.1. The van der Waals surface area contributed by atoms with Crippen molar-refractivity contribution in [3.63, 3.8) is 0 Å². The molecule has 0 spiro atoms. The maximum atomic E-state index is 5.40. The number of morpholine rings is 1. The van der Waals surface area contributed by atoms with Crippen molar-refractivity contribution in [3.05, 3.63) is 10.6 Å². The zero-order chi connectivity index (χ0) is 13.5. The van der Waals surface area contributed by atoms with E-state index in [0.29, 0.717) is 0 Å². The van der Waals surface area contributed by atoms with Gasteiger partial charge >= 0.3 is 0 Å². The monoisotopic (exact) mass is 283 g/mol. The normalized spacial score (nSPS) is 16.0. The van der Waals surface area contributed by atoms with E-state index in [4.69, 9.17) is 9.72 Å². The molecule has 1 N–H and O–H groups in total. The Morgan fingerprint density at radius 1 is 1.32 bits per heavy atom. The summed E-state index contributed by atoms with van der Waals surface area (Å²) in [6, 6.07) is 0. The Hall–Kier alpha value is -0.650. The van der Waals surface area contributed by atoms with Crippen LogP contribution in [0, 0.1) is 0 Å². The predicted octanol–water partition coefficient (Wildman–Crippen LogP) is 2.43. The molecule has 5 heteroatoms. The fraction of sp³-hybridized carbons (Fsp3) is 0.786. The third kappa shape index (κ3) is 4.16. The van der Waals surface area contributed by atoms with Gasteiger partial charge < -0.3 is 15.0 Å². The molecular weight excluding hydrogens is 258 g/mol. The molecule has 19 heavy (non-hydrogen) atoms. The molecule has 108 valence electrons. The lowest BCUT2D eigenvalue weighted by Gasteiger charge is -2.26. The minimum absolute atomic E-state index is 0.825. The second-order valence-corrected chi connectivity index (χ2v) is 5.91. The average Bonchev–Trinajstić information content (AvgIpc) is 2.88. The van der Waals surface area contributed by atoms with Gasteiger partial charge in [0.25, 0.3) is 0 Å². The van der Waals surface area contributed by atoms with E-state index in [1.165, 1.54) is 28.5 Å². The van der Waals surface area contributed by atoms with Crippen molar-refractivity contribution >= 4 is 16.5 Å². The molecule has 0 unspecified atom stereocenters. The summed E-state index contributed by atoms with van der Waals surface area (Å²) in [4.78, 5) is 8.55. The number of nitrogens with one attached hydrogen (secondary N) is 1. The molecule has 0 saturated carbocycles. The summed E-state index contributed by atoms with van der Waals surface area (Å²) in [5.74, 6) is 0. The van der Waals surface area contributed by atoms with Gasteiger partial charge in [-0.3, -0.25) is 0 Å². The summed E-state index contributed by atoms with van der Waals surface area (Å²) < 4.78 is 5.40. The molecule has 2 heterocycles. The van der Waals surface area contributed by atoms with Crippen molar-refractivity contribution < 1.29 is 4.74 Å². The molecule has 0 amide bonds. The van der Waals surface area contributed by atoms with Crippen LogP contribution in [0.4, 0.5) is 5.13 Å². The van der Waals surface area contributed by atoms with E-state index in [9.17, 15) is 0 Å². The second-order valence-electron chi connectivity index (χ2n) is 4.85. The third-order valence-electron chi connectivity index (χ3n) is 3.38. The highest BCUT2D eigenvalue weighted by molar-refractivity contribution is 7.15. The Kier molecular flexibility index (Phi) is 6.07. The SMILES string of the molecule is CCCCNCc1sc(N2CCOCC2)nc1CC. The summed E-state index contributed by atoms with van der Waals surface area (Å²) in [6.07, 6.45) is 3.51. The van der Waals surface area contributed by atoms with E-state index in [2.05, 4.69) is 24.1 Å². The highest BCUT2D eigenvalue weighted by Gasteiger charge is 2.17. The highest BCUT2D eigenvalue weighted by Crippen LogP contribution is 2.27. The maximum Gasteiger partial charge on any atom is 0.185 e. The van der Waals surface area contributed by atoms with E-state index in [0.717, 1.165) is 45.8 Å². The van der Waals surface area contributed by atoms with Crippen LogP contribution in [0.2, 0.25) is 0 Å². The van der Waals surface area contributed by atoms with Crippen LogP contribution in [0.15, 0.2) is 0 Å². The first-order valence-electron chi connectivity index (χ1n) is 7.37. The smallest absolute Gasteiger partial charge is 0.185 e. The van der Waals surface area contributed by atoms with Gasteiger partial charge in [-0.05, 0) is 19.4 Å². The molecule has 1 aromatic rings. The molecule has 1 fully saturated rings. The van der Waals surface area contributed by atoms with Crippen LogP contribution in [-0.4, -0.2) is 37.8 Å². The van der Waals surface area contributed by atoms with Gasteiger partial charge in [0.05, 0.1) is 18.9 Å². The lowest BCUT2D eigenvalue weighted by molar-refractivity contribution is 0.122. The molecule has 4 nitrogen and oxygen atoms in total. The first-order chi connectivity index (χ1) is 9.35. The van der Waals surface area contributed by atoms with Crippen LogP contribution >= 0.6 is 11.3 Å². The molecular formula is C14H25N3OS. The van der Waals surface area contributed by atoms with E-state index in [-0.39, 0.29) is 0 Å². The molecule has 1 saturated heterocycles. The van der Waals surface area contributed by atoms with Crippen molar-refractivity contribution in [2.45, 2.75) is 39.7 Å². The van der Waals surface area contributed by atoms with E-state index >= 15 is 0 Å². The van der Waals surface area contributed by atoms with Crippen LogP contribution < -0.4 is 10.2 Å². The van der Waals surface area contributed by atoms with Gasteiger partial charge in [-0.2, -0.15) is 0 Å². The lowest BCUT2D eigenvalue weighted by atomic mass is 10.3. The summed E-state index contributed by atoms with van der Waals surface area (Å²) in [5, 5.41) is 4.69. The van der Waals surface area contributed by atoms with Gasteiger partial charge in [-0.25, -0.2) is 4.98 Å². The van der Waals surface area contributed by atoms with Crippen molar-refractivity contribution in [2.24, 2.45) is 0 Å². The highest BCUT2D eigenvalue weighted by atomic mass is 32.1. The molecule has 1 aromatic heterocycles. The minimum atomic E-state index is 0.825. The number of ether oxygens (including phenoxy) is 1. The number of hydrogen-bond donors (Lipinski definition) is 1. The van der Waals surface area contributed by atoms with Gasteiger partial charge in [-0.15, -0.1) is 11.3 Å². The Morgan fingerprint density at radius 2 is 2.11 bits per heavy atom. The van der Waals surface area contributed by atoms with Crippen LogP contribution in [0.25, 0.3) is 0 Å². The van der Waals surface area contributed by atoms with Gasteiger partial charge in [0, 0.05) is 24.5 Å². The van der Waals surface area contributed by atoms with Crippen LogP contribution in [0.1, 0.15) is 37.3 Å². The predicted molar refractivity (Wildman–Crippen MR) is 81.1 cm³/mol. The van der Waals surface area contributed by atoms with Gasteiger partial charge in [0.15, 0.2) is 5.13 Å². The average molecular weight is 283 g/mol. The molecule has 2 rings (SSSR count). The number of nitrogens with zero attached hydrogens (tertiary/aromatic N) is 2. The first kappa shape index (κ1) is 14.8. The molecule has 0 aromatic carbocycles. The molecule has 1 aliphatic heterocycles. The van der Waals surface area contributed by atoms with E-state index in [1.807, 2.05) is 11.3 Å². The molecule has 0 bridgehead atoms. The van der Waals surface area contributed by atoms with Gasteiger partial charge in [0.2, 0.25) is 0 Å². The van der Waals surface area contributed by atoms with Crippen LogP contribution in [0.5, 0.6) is 0 Å². The molecule has 0 atom stereocenters. The Bertz CT molecular complexity index is 375. The molecule has 0 radical (unpaired) electrons.